The first-order valence-electron chi connectivity index (χ1n) is 5.64. The number of alkyl halides is 2. The molecule has 6 heteroatoms. The van der Waals surface area contributed by atoms with E-state index >= 15 is 0 Å². The number of aromatic nitrogens is 2. The summed E-state index contributed by atoms with van der Waals surface area (Å²) in [7, 11) is 0. The van der Waals surface area contributed by atoms with Crippen LogP contribution in [0.1, 0.15) is 30.3 Å². The number of anilines is 1. The molecule has 0 radical (unpaired) electrons. The third-order valence-electron chi connectivity index (χ3n) is 2.52. The number of nitrogen functional groups attached to an aromatic ring is 1. The predicted octanol–water partition coefficient (Wildman–Crippen LogP) is 1.76. The van der Waals surface area contributed by atoms with Gasteiger partial charge in [-0.05, 0) is 12.8 Å². The molecule has 1 fully saturated rings. The van der Waals surface area contributed by atoms with Crippen LogP contribution in [0.5, 0.6) is 0 Å². The van der Waals surface area contributed by atoms with Crippen LogP contribution in [0.15, 0.2) is 6.07 Å². The molecule has 17 heavy (non-hydrogen) atoms. The van der Waals surface area contributed by atoms with Crippen molar-refractivity contribution in [2.24, 2.45) is 0 Å². The number of rotatable bonds is 6. The molecule has 2 N–H and O–H groups in total. The van der Waals surface area contributed by atoms with Crippen molar-refractivity contribution in [2.45, 2.75) is 31.6 Å². The van der Waals surface area contributed by atoms with Gasteiger partial charge in [-0.25, -0.2) is 18.7 Å². The van der Waals surface area contributed by atoms with E-state index in [9.17, 15) is 8.78 Å². The lowest BCUT2D eigenvalue weighted by Crippen LogP contribution is -2.10. The van der Waals surface area contributed by atoms with Gasteiger partial charge >= 0.3 is 0 Å². The SMILES string of the molecule is Nc1cc(C2CC2)nc(CCOCC(F)F)n1. The molecule has 0 atom stereocenters. The number of nitrogens with two attached hydrogens (primary N) is 1. The molecule has 0 bridgehead atoms. The van der Waals surface area contributed by atoms with Crippen molar-refractivity contribution in [1.82, 2.24) is 9.97 Å². The van der Waals surface area contributed by atoms with Crippen LogP contribution in [0.3, 0.4) is 0 Å². The molecule has 2 rings (SSSR count). The molecule has 1 heterocycles. The Kier molecular flexibility index (Phi) is 3.83. The van der Waals surface area contributed by atoms with Crippen molar-refractivity contribution < 1.29 is 13.5 Å². The average Bonchev–Trinajstić information content (AvgIpc) is 3.07. The summed E-state index contributed by atoms with van der Waals surface area (Å²) in [5.41, 5.74) is 6.63. The van der Waals surface area contributed by atoms with Crippen molar-refractivity contribution >= 4 is 5.82 Å². The second-order valence-electron chi connectivity index (χ2n) is 4.12. The monoisotopic (exact) mass is 243 g/mol. The molecule has 4 nitrogen and oxygen atoms in total. The molecule has 0 aromatic carbocycles. The molecule has 1 aliphatic carbocycles. The molecule has 1 saturated carbocycles. The van der Waals surface area contributed by atoms with Gasteiger partial charge in [0.05, 0.1) is 6.61 Å². The van der Waals surface area contributed by atoms with E-state index in [1.165, 1.54) is 0 Å². The lowest BCUT2D eigenvalue weighted by molar-refractivity contribution is 0.0183. The molecule has 0 unspecified atom stereocenters. The summed E-state index contributed by atoms with van der Waals surface area (Å²) >= 11 is 0. The van der Waals surface area contributed by atoms with Crippen LogP contribution in [-0.4, -0.2) is 29.6 Å². The zero-order chi connectivity index (χ0) is 12.3. The predicted molar refractivity (Wildman–Crippen MR) is 58.9 cm³/mol. The molecule has 0 saturated heterocycles. The minimum Gasteiger partial charge on any atom is -0.384 e. The highest BCUT2D eigenvalue weighted by atomic mass is 19.3. The highest BCUT2D eigenvalue weighted by Gasteiger charge is 2.25. The Balaban J connectivity index is 1.87. The van der Waals surface area contributed by atoms with Crippen molar-refractivity contribution in [1.29, 1.82) is 0 Å². The summed E-state index contributed by atoms with van der Waals surface area (Å²) in [4.78, 5) is 8.41. The molecule has 0 spiro atoms. The number of ether oxygens (including phenoxy) is 1. The van der Waals surface area contributed by atoms with Crippen LogP contribution >= 0.6 is 0 Å². The van der Waals surface area contributed by atoms with E-state index in [0.717, 1.165) is 18.5 Å². The second kappa shape index (κ2) is 5.35. The highest BCUT2D eigenvalue weighted by molar-refractivity contribution is 5.32. The zero-order valence-corrected chi connectivity index (χ0v) is 9.40. The molecule has 0 aliphatic heterocycles. The zero-order valence-electron chi connectivity index (χ0n) is 9.40. The normalized spacial score (nSPS) is 15.5. The fraction of sp³-hybridized carbons (Fsp3) is 0.636. The molecule has 1 aromatic rings. The summed E-state index contributed by atoms with van der Waals surface area (Å²) in [6.45, 7) is -0.351. The van der Waals surface area contributed by atoms with Gasteiger partial charge in [0.1, 0.15) is 18.2 Å². The summed E-state index contributed by atoms with van der Waals surface area (Å²) in [6.07, 6.45) is 0.256. The van der Waals surface area contributed by atoms with Gasteiger partial charge in [-0.15, -0.1) is 0 Å². The Bertz CT molecular complexity index is 383. The molecular formula is C11H15F2N3O. The van der Waals surface area contributed by atoms with Crippen LogP contribution in [0.25, 0.3) is 0 Å². The lowest BCUT2D eigenvalue weighted by atomic mass is 10.2. The minimum absolute atomic E-state index is 0.192. The Morgan fingerprint density at radius 3 is 2.82 bits per heavy atom. The maximum Gasteiger partial charge on any atom is 0.261 e. The van der Waals surface area contributed by atoms with Crippen molar-refractivity contribution in [3.8, 4) is 0 Å². The van der Waals surface area contributed by atoms with Gasteiger partial charge in [0, 0.05) is 24.1 Å². The Hall–Kier alpha value is -1.30. The number of nitrogens with zero attached hydrogens (tertiary/aromatic N) is 2. The van der Waals surface area contributed by atoms with Crippen LogP contribution in [-0.2, 0) is 11.2 Å². The average molecular weight is 243 g/mol. The summed E-state index contributed by atoms with van der Waals surface area (Å²) in [6, 6.07) is 1.78. The molecule has 1 aromatic heterocycles. The fourth-order valence-corrected chi connectivity index (χ4v) is 1.58. The standard InChI is InChI=1S/C11H15F2N3O/c12-9(13)6-17-4-3-11-15-8(7-1-2-7)5-10(14)16-11/h5,7,9H,1-4,6H2,(H2,14,15,16). The quantitative estimate of drug-likeness (QED) is 0.773. The summed E-state index contributed by atoms with van der Waals surface area (Å²) < 4.78 is 28.4. The van der Waals surface area contributed by atoms with Gasteiger partial charge in [-0.2, -0.15) is 0 Å². The van der Waals surface area contributed by atoms with E-state index in [4.69, 9.17) is 10.5 Å². The molecule has 1 aliphatic rings. The van der Waals surface area contributed by atoms with E-state index in [1.807, 2.05) is 0 Å². The number of halogens is 2. The van der Waals surface area contributed by atoms with Gasteiger partial charge in [-0.3, -0.25) is 0 Å². The maximum absolute atomic E-state index is 11.8. The van der Waals surface area contributed by atoms with E-state index in [1.54, 1.807) is 6.07 Å². The fourth-order valence-electron chi connectivity index (χ4n) is 1.58. The van der Waals surface area contributed by atoms with Crippen LogP contribution in [0.2, 0.25) is 0 Å². The Labute approximate surface area is 98.2 Å². The van der Waals surface area contributed by atoms with Crippen LogP contribution in [0, 0.1) is 0 Å². The van der Waals surface area contributed by atoms with E-state index in [2.05, 4.69) is 9.97 Å². The maximum atomic E-state index is 11.8. The largest absolute Gasteiger partial charge is 0.384 e. The van der Waals surface area contributed by atoms with Gasteiger partial charge in [-0.1, -0.05) is 0 Å². The van der Waals surface area contributed by atoms with Crippen molar-refractivity contribution in [3.05, 3.63) is 17.6 Å². The molecule has 94 valence electrons. The van der Waals surface area contributed by atoms with E-state index in [-0.39, 0.29) is 6.61 Å². The number of hydrogen-bond acceptors (Lipinski definition) is 4. The topological polar surface area (TPSA) is 61.0 Å². The lowest BCUT2D eigenvalue weighted by Gasteiger charge is -2.05. The van der Waals surface area contributed by atoms with Gasteiger partial charge in [0.15, 0.2) is 0 Å². The smallest absolute Gasteiger partial charge is 0.261 e. The summed E-state index contributed by atoms with van der Waals surface area (Å²) in [5, 5.41) is 0. The first-order valence-corrected chi connectivity index (χ1v) is 5.64. The van der Waals surface area contributed by atoms with Gasteiger partial charge in [0.25, 0.3) is 6.43 Å². The Morgan fingerprint density at radius 2 is 2.18 bits per heavy atom. The van der Waals surface area contributed by atoms with Crippen molar-refractivity contribution in [2.75, 3.05) is 18.9 Å². The third kappa shape index (κ3) is 3.89. The second-order valence-corrected chi connectivity index (χ2v) is 4.12. The first kappa shape index (κ1) is 12.2. The van der Waals surface area contributed by atoms with E-state index in [0.29, 0.717) is 24.0 Å². The van der Waals surface area contributed by atoms with E-state index < -0.39 is 13.0 Å². The Morgan fingerprint density at radius 1 is 1.41 bits per heavy atom. The summed E-state index contributed by atoms with van der Waals surface area (Å²) in [5.74, 6) is 1.51. The number of hydrogen-bond donors (Lipinski definition) is 1. The van der Waals surface area contributed by atoms with Crippen LogP contribution in [0.4, 0.5) is 14.6 Å². The third-order valence-corrected chi connectivity index (χ3v) is 2.52. The van der Waals surface area contributed by atoms with Crippen molar-refractivity contribution in [3.63, 3.8) is 0 Å². The highest BCUT2D eigenvalue weighted by Crippen LogP contribution is 2.39. The minimum atomic E-state index is -2.43. The van der Waals surface area contributed by atoms with Crippen LogP contribution < -0.4 is 5.73 Å². The first-order chi connectivity index (χ1) is 8.15. The molecular weight excluding hydrogens is 228 g/mol. The van der Waals surface area contributed by atoms with Gasteiger partial charge in [0.2, 0.25) is 0 Å². The van der Waals surface area contributed by atoms with Gasteiger partial charge < -0.3 is 10.5 Å². The molecule has 0 amide bonds.